The quantitative estimate of drug-likeness (QED) is 0.269. The molecule has 4 aromatic rings. The van der Waals surface area contributed by atoms with E-state index in [9.17, 15) is 18.0 Å². The molecule has 1 fully saturated rings. The molecule has 1 aromatic heterocycles. The molecule has 1 aliphatic rings. The molecular weight excluding hydrogens is 501 g/mol. The van der Waals surface area contributed by atoms with Crippen LogP contribution in [0.25, 0.3) is 16.7 Å². The molecule has 39 heavy (non-hydrogen) atoms. The van der Waals surface area contributed by atoms with Gasteiger partial charge >= 0.3 is 6.18 Å². The molecule has 1 unspecified atom stereocenters. The number of carbonyl (C=O) groups excluding carboxylic acids is 1. The summed E-state index contributed by atoms with van der Waals surface area (Å²) in [5.74, 6) is -0.302. The van der Waals surface area contributed by atoms with E-state index in [0.717, 1.165) is 54.3 Å². The lowest BCUT2D eigenvalue weighted by Crippen LogP contribution is -2.33. The van der Waals surface area contributed by atoms with E-state index in [0.29, 0.717) is 5.56 Å². The fourth-order valence-electron chi connectivity index (χ4n) is 5.86. The normalized spacial score (nSPS) is 15.5. The van der Waals surface area contributed by atoms with Gasteiger partial charge in [0.15, 0.2) is 0 Å². The van der Waals surface area contributed by atoms with Gasteiger partial charge in [-0.1, -0.05) is 44.2 Å². The first-order chi connectivity index (χ1) is 18.7. The summed E-state index contributed by atoms with van der Waals surface area (Å²) in [6.07, 6.45) is -0.993. The van der Waals surface area contributed by atoms with Crippen molar-refractivity contribution < 1.29 is 18.0 Å². The summed E-state index contributed by atoms with van der Waals surface area (Å²) in [5, 5.41) is 5.98. The van der Waals surface area contributed by atoms with Crippen LogP contribution in [0.15, 0.2) is 73.1 Å². The van der Waals surface area contributed by atoms with Gasteiger partial charge in [-0.3, -0.25) is 9.36 Å². The second kappa shape index (κ2) is 11.2. The van der Waals surface area contributed by atoms with Gasteiger partial charge < -0.3 is 10.6 Å². The number of carbonyl (C=O) groups is 1. The molecule has 0 radical (unpaired) electrons. The summed E-state index contributed by atoms with van der Waals surface area (Å²) >= 11 is 0. The molecule has 3 aromatic carbocycles. The number of amides is 1. The Hall–Kier alpha value is -3.65. The highest BCUT2D eigenvalue weighted by Gasteiger charge is 2.38. The van der Waals surface area contributed by atoms with Gasteiger partial charge in [-0.25, -0.2) is 4.98 Å². The molecule has 0 bridgehead atoms. The van der Waals surface area contributed by atoms with Crippen molar-refractivity contribution in [2.24, 2.45) is 11.8 Å². The summed E-state index contributed by atoms with van der Waals surface area (Å²) in [4.78, 5) is 17.2. The van der Waals surface area contributed by atoms with Crippen molar-refractivity contribution in [2.45, 2.75) is 45.2 Å². The largest absolute Gasteiger partial charge is 0.416 e. The second-order valence-electron chi connectivity index (χ2n) is 10.7. The lowest BCUT2D eigenvalue weighted by atomic mass is 9.73. The third-order valence-electron chi connectivity index (χ3n) is 7.64. The number of para-hydroxylation sites is 2. The van der Waals surface area contributed by atoms with Crippen LogP contribution in [-0.4, -0.2) is 28.5 Å². The average Bonchev–Trinajstić information content (AvgIpc) is 3.34. The van der Waals surface area contributed by atoms with E-state index < -0.39 is 11.7 Å². The molecular formula is C31H33F3N4O. The maximum absolute atomic E-state index is 14.2. The number of imidazole rings is 1. The minimum Gasteiger partial charge on any atom is -0.326 e. The molecule has 5 nitrogen and oxygen atoms in total. The Morgan fingerprint density at radius 1 is 1.05 bits per heavy atom. The first-order valence-corrected chi connectivity index (χ1v) is 13.4. The van der Waals surface area contributed by atoms with Crippen LogP contribution in [0.1, 0.15) is 49.3 Å². The fourth-order valence-corrected chi connectivity index (χ4v) is 5.86. The number of nitrogens with zero attached hydrogens (tertiary/aromatic N) is 2. The van der Waals surface area contributed by atoms with Crippen molar-refractivity contribution in [2.75, 3.05) is 18.4 Å². The molecule has 2 heterocycles. The summed E-state index contributed by atoms with van der Waals surface area (Å²) in [7, 11) is 0. The predicted octanol–water partition coefficient (Wildman–Crippen LogP) is 6.96. The van der Waals surface area contributed by atoms with Crippen LogP contribution in [0.3, 0.4) is 0 Å². The number of anilines is 1. The van der Waals surface area contributed by atoms with E-state index in [-0.39, 0.29) is 35.8 Å². The van der Waals surface area contributed by atoms with Crippen LogP contribution in [0.2, 0.25) is 0 Å². The van der Waals surface area contributed by atoms with E-state index in [1.165, 1.54) is 0 Å². The number of halogens is 3. The van der Waals surface area contributed by atoms with Gasteiger partial charge in [0, 0.05) is 11.4 Å². The number of rotatable bonds is 7. The molecule has 1 atom stereocenters. The van der Waals surface area contributed by atoms with Gasteiger partial charge in [0.2, 0.25) is 5.91 Å². The predicted molar refractivity (Wildman–Crippen MR) is 148 cm³/mol. The smallest absolute Gasteiger partial charge is 0.326 e. The fraction of sp³-hybridized carbons (Fsp3) is 0.355. The Labute approximate surface area is 226 Å². The van der Waals surface area contributed by atoms with Gasteiger partial charge in [-0.15, -0.1) is 0 Å². The second-order valence-corrected chi connectivity index (χ2v) is 10.7. The number of hydrogen-bond acceptors (Lipinski definition) is 3. The molecule has 204 valence electrons. The van der Waals surface area contributed by atoms with Gasteiger partial charge in [0.1, 0.15) is 6.33 Å². The molecule has 0 aliphatic carbocycles. The average molecular weight is 535 g/mol. The lowest BCUT2D eigenvalue weighted by molar-refractivity contribution is -0.138. The number of nitrogens with one attached hydrogen (secondary N) is 2. The SMILES string of the molecule is CC(C)C(c1ccc(NC(=O)Cc2ccc(-n3cnc4ccccc43)cc2)cc1C(F)(F)F)C1CCNCC1. The Morgan fingerprint density at radius 3 is 2.46 bits per heavy atom. The maximum atomic E-state index is 14.2. The first kappa shape index (κ1) is 26.9. The number of fused-ring (bicyclic) bond motifs is 1. The number of aromatic nitrogens is 2. The Bertz CT molecular complexity index is 1440. The van der Waals surface area contributed by atoms with Crippen molar-refractivity contribution >= 4 is 22.6 Å². The Balaban J connectivity index is 1.32. The van der Waals surface area contributed by atoms with Crippen LogP contribution in [-0.2, 0) is 17.4 Å². The third-order valence-corrected chi connectivity index (χ3v) is 7.64. The number of hydrogen-bond donors (Lipinski definition) is 2. The standard InChI is InChI=1S/C31H33F3N4O/c1-20(2)30(22-13-15-35-16-14-22)25-12-9-23(18-26(25)31(32,33)34)37-29(39)17-21-7-10-24(11-8-21)38-19-36-27-5-3-4-6-28(27)38/h3-12,18-20,22,30,35H,13-17H2,1-2H3,(H,37,39). The summed E-state index contributed by atoms with van der Waals surface area (Å²) in [6, 6.07) is 19.6. The summed E-state index contributed by atoms with van der Waals surface area (Å²) in [5.41, 5.74) is 3.36. The van der Waals surface area contributed by atoms with E-state index in [1.54, 1.807) is 18.5 Å². The van der Waals surface area contributed by atoms with Crippen molar-refractivity contribution in [3.63, 3.8) is 0 Å². The molecule has 0 saturated carbocycles. The van der Waals surface area contributed by atoms with Crippen molar-refractivity contribution in [3.05, 3.63) is 89.7 Å². The van der Waals surface area contributed by atoms with E-state index >= 15 is 0 Å². The monoisotopic (exact) mass is 534 g/mol. The molecule has 1 amide bonds. The number of piperidine rings is 1. The molecule has 2 N–H and O–H groups in total. The zero-order valence-corrected chi connectivity index (χ0v) is 22.1. The highest BCUT2D eigenvalue weighted by atomic mass is 19.4. The molecule has 1 saturated heterocycles. The van der Waals surface area contributed by atoms with Crippen molar-refractivity contribution in [3.8, 4) is 5.69 Å². The molecule has 0 spiro atoms. The maximum Gasteiger partial charge on any atom is 0.416 e. The van der Waals surface area contributed by atoms with Crippen LogP contribution in [0.4, 0.5) is 18.9 Å². The minimum absolute atomic E-state index is 0.0533. The Kier molecular flexibility index (Phi) is 7.75. The van der Waals surface area contributed by atoms with Gasteiger partial charge in [-0.05, 0) is 91.2 Å². The molecule has 5 rings (SSSR count). The van der Waals surface area contributed by atoms with Crippen LogP contribution < -0.4 is 10.6 Å². The summed E-state index contributed by atoms with van der Waals surface area (Å²) in [6.45, 7) is 5.62. The number of benzene rings is 3. The zero-order chi connectivity index (χ0) is 27.6. The zero-order valence-electron chi connectivity index (χ0n) is 22.1. The van der Waals surface area contributed by atoms with E-state index in [2.05, 4.69) is 15.6 Å². The highest BCUT2D eigenvalue weighted by Crippen LogP contribution is 2.44. The number of alkyl halides is 3. The van der Waals surface area contributed by atoms with Crippen LogP contribution >= 0.6 is 0 Å². The van der Waals surface area contributed by atoms with Gasteiger partial charge in [0.25, 0.3) is 0 Å². The van der Waals surface area contributed by atoms with Crippen molar-refractivity contribution in [1.82, 2.24) is 14.9 Å². The first-order valence-electron chi connectivity index (χ1n) is 13.4. The minimum atomic E-state index is -4.51. The molecule has 8 heteroatoms. The topological polar surface area (TPSA) is 59.0 Å². The molecule has 1 aliphatic heterocycles. The van der Waals surface area contributed by atoms with Gasteiger partial charge in [-0.2, -0.15) is 13.2 Å². The van der Waals surface area contributed by atoms with E-state index in [4.69, 9.17) is 0 Å². The van der Waals surface area contributed by atoms with Crippen LogP contribution in [0, 0.1) is 11.8 Å². The highest BCUT2D eigenvalue weighted by molar-refractivity contribution is 5.92. The summed E-state index contributed by atoms with van der Waals surface area (Å²) < 4.78 is 44.6. The Morgan fingerprint density at radius 2 is 1.77 bits per heavy atom. The van der Waals surface area contributed by atoms with Crippen molar-refractivity contribution in [1.29, 1.82) is 0 Å². The lowest BCUT2D eigenvalue weighted by Gasteiger charge is -2.35. The van der Waals surface area contributed by atoms with E-state index in [1.807, 2.05) is 66.9 Å². The van der Waals surface area contributed by atoms with Gasteiger partial charge in [0.05, 0.1) is 23.0 Å². The third kappa shape index (κ3) is 6.01. The van der Waals surface area contributed by atoms with Crippen LogP contribution in [0.5, 0.6) is 0 Å².